The van der Waals surface area contributed by atoms with Crippen molar-refractivity contribution in [3.05, 3.63) is 126 Å². The van der Waals surface area contributed by atoms with Crippen molar-refractivity contribution in [2.75, 3.05) is 13.2 Å². The number of aromatic nitrogens is 2. The Morgan fingerprint density at radius 3 is 2.05 bits per heavy atom. The van der Waals surface area contributed by atoms with Gasteiger partial charge in [0, 0.05) is 18.4 Å². The fraction of sp³-hybridized carbons (Fsp3) is 0.200. The number of nitrogens with zero attached hydrogens (tertiary/aromatic N) is 2. The summed E-state index contributed by atoms with van der Waals surface area (Å²) in [7, 11) is 0. The summed E-state index contributed by atoms with van der Waals surface area (Å²) >= 11 is 0. The van der Waals surface area contributed by atoms with Crippen molar-refractivity contribution in [3.8, 4) is 17.4 Å². The highest BCUT2D eigenvalue weighted by molar-refractivity contribution is 5.96. The summed E-state index contributed by atoms with van der Waals surface area (Å²) < 4.78 is 17.4. The van der Waals surface area contributed by atoms with E-state index in [2.05, 4.69) is 15.3 Å². The van der Waals surface area contributed by atoms with Gasteiger partial charge in [0.15, 0.2) is 0 Å². The summed E-state index contributed by atoms with van der Waals surface area (Å²) in [4.78, 5) is 33.8. The average Bonchev–Trinajstić information content (AvgIpc) is 3.04. The summed E-state index contributed by atoms with van der Waals surface area (Å²) in [6, 6.07) is 30.1. The molecule has 0 radical (unpaired) electrons. The molecule has 0 spiro atoms. The Labute approximate surface area is 255 Å². The molecule has 1 heterocycles. The molecule has 0 aliphatic heterocycles. The highest BCUT2D eigenvalue weighted by Crippen LogP contribution is 2.19. The SMILES string of the molecule is Cc1nc2ccccc2nc1OCCCOc1ccc(C(=O)N[C@@H](Cc2ccc(OCc3ccccc3)cc2)C(=O)O)cc1. The number of aryl methyl sites for hydroxylation is 1. The van der Waals surface area contributed by atoms with Gasteiger partial charge in [-0.2, -0.15) is 0 Å². The number of carboxylic acids is 1. The van der Waals surface area contributed by atoms with Gasteiger partial charge in [0.05, 0.1) is 24.2 Å². The molecule has 0 unspecified atom stereocenters. The number of hydrogen-bond acceptors (Lipinski definition) is 7. The lowest BCUT2D eigenvalue weighted by atomic mass is 10.1. The van der Waals surface area contributed by atoms with Crippen LogP contribution in [0.15, 0.2) is 103 Å². The Kier molecular flexibility index (Phi) is 9.99. The standard InChI is InChI=1S/C35H33N3O6/c1-24-34(38-31-11-6-5-10-30(31)36-24)43-21-7-20-42-28-18-14-27(15-19-28)33(39)37-32(35(40)41)22-25-12-16-29(17-13-25)44-23-26-8-3-2-4-9-26/h2-6,8-19,32H,7,20-23H2,1H3,(H,37,39)(H,40,41)/t32-/m0/s1. The lowest BCUT2D eigenvalue weighted by Gasteiger charge is -2.15. The Hall–Kier alpha value is -5.44. The number of benzene rings is 4. The molecule has 0 saturated heterocycles. The zero-order chi connectivity index (χ0) is 30.7. The molecular weight excluding hydrogens is 558 g/mol. The Morgan fingerprint density at radius 2 is 1.34 bits per heavy atom. The zero-order valence-corrected chi connectivity index (χ0v) is 24.3. The number of ether oxygens (including phenoxy) is 3. The van der Waals surface area contributed by atoms with Crippen LogP contribution in [0.3, 0.4) is 0 Å². The fourth-order valence-electron chi connectivity index (χ4n) is 4.47. The minimum Gasteiger partial charge on any atom is -0.493 e. The van der Waals surface area contributed by atoms with Crippen molar-refractivity contribution in [1.29, 1.82) is 0 Å². The molecule has 0 bridgehead atoms. The van der Waals surface area contributed by atoms with E-state index >= 15 is 0 Å². The number of carbonyl (C=O) groups is 2. The van der Waals surface area contributed by atoms with E-state index in [9.17, 15) is 14.7 Å². The number of nitrogens with one attached hydrogen (secondary N) is 1. The fourth-order valence-corrected chi connectivity index (χ4v) is 4.47. The molecule has 5 rings (SSSR count). The van der Waals surface area contributed by atoms with Crippen molar-refractivity contribution >= 4 is 22.9 Å². The van der Waals surface area contributed by atoms with Crippen LogP contribution in [0, 0.1) is 6.92 Å². The molecule has 9 heteroatoms. The normalized spacial score (nSPS) is 11.5. The second kappa shape index (κ2) is 14.6. The largest absolute Gasteiger partial charge is 0.493 e. The summed E-state index contributed by atoms with van der Waals surface area (Å²) in [6.45, 7) is 3.12. The van der Waals surface area contributed by atoms with Crippen LogP contribution in [0.4, 0.5) is 0 Å². The van der Waals surface area contributed by atoms with E-state index in [-0.39, 0.29) is 6.42 Å². The third-order valence-electron chi connectivity index (χ3n) is 6.83. The smallest absolute Gasteiger partial charge is 0.326 e. The van der Waals surface area contributed by atoms with Crippen LogP contribution in [0.1, 0.15) is 33.6 Å². The van der Waals surface area contributed by atoms with Gasteiger partial charge in [-0.05, 0) is 66.6 Å². The minimum atomic E-state index is -1.12. The topological polar surface area (TPSA) is 120 Å². The number of carboxylic acid groups (broad SMARTS) is 1. The first-order valence-electron chi connectivity index (χ1n) is 14.3. The van der Waals surface area contributed by atoms with E-state index in [4.69, 9.17) is 14.2 Å². The van der Waals surface area contributed by atoms with Gasteiger partial charge in [-0.15, -0.1) is 0 Å². The molecule has 9 nitrogen and oxygen atoms in total. The van der Waals surface area contributed by atoms with Crippen LogP contribution >= 0.6 is 0 Å². The molecule has 1 atom stereocenters. The minimum absolute atomic E-state index is 0.133. The molecule has 0 saturated carbocycles. The van der Waals surface area contributed by atoms with E-state index in [1.54, 1.807) is 48.5 Å². The average molecular weight is 592 g/mol. The van der Waals surface area contributed by atoms with Gasteiger partial charge >= 0.3 is 5.97 Å². The second-order valence-electron chi connectivity index (χ2n) is 10.2. The lowest BCUT2D eigenvalue weighted by molar-refractivity contribution is -0.139. The molecule has 2 N–H and O–H groups in total. The predicted molar refractivity (Wildman–Crippen MR) is 166 cm³/mol. The first-order valence-corrected chi connectivity index (χ1v) is 14.3. The quantitative estimate of drug-likeness (QED) is 0.156. The van der Waals surface area contributed by atoms with Crippen LogP contribution < -0.4 is 19.5 Å². The molecule has 224 valence electrons. The molecular formula is C35H33N3O6. The molecule has 1 aromatic heterocycles. The molecule has 1 amide bonds. The highest BCUT2D eigenvalue weighted by Gasteiger charge is 2.21. The number of fused-ring (bicyclic) bond motifs is 1. The number of para-hydroxylation sites is 2. The van der Waals surface area contributed by atoms with Crippen molar-refractivity contribution in [2.45, 2.75) is 32.4 Å². The Bertz CT molecular complexity index is 1690. The third-order valence-corrected chi connectivity index (χ3v) is 6.83. The number of rotatable bonds is 14. The number of aliphatic carboxylic acids is 1. The van der Waals surface area contributed by atoms with Crippen LogP contribution in [-0.2, 0) is 17.8 Å². The van der Waals surface area contributed by atoms with Crippen LogP contribution in [0.25, 0.3) is 11.0 Å². The van der Waals surface area contributed by atoms with Gasteiger partial charge < -0.3 is 24.6 Å². The van der Waals surface area contributed by atoms with Gasteiger partial charge in [-0.3, -0.25) is 4.79 Å². The molecule has 44 heavy (non-hydrogen) atoms. The van der Waals surface area contributed by atoms with E-state index in [1.807, 2.05) is 61.5 Å². The third kappa shape index (κ3) is 8.32. The summed E-state index contributed by atoms with van der Waals surface area (Å²) in [6.07, 6.45) is 0.754. The van der Waals surface area contributed by atoms with Crippen LogP contribution in [0.2, 0.25) is 0 Å². The van der Waals surface area contributed by atoms with Gasteiger partial charge in [0.25, 0.3) is 5.91 Å². The summed E-state index contributed by atoms with van der Waals surface area (Å²) in [5.41, 5.74) is 4.49. The maximum atomic E-state index is 12.8. The zero-order valence-electron chi connectivity index (χ0n) is 24.3. The van der Waals surface area contributed by atoms with E-state index < -0.39 is 17.9 Å². The first kappa shape index (κ1) is 30.0. The van der Waals surface area contributed by atoms with E-state index in [1.165, 1.54) is 0 Å². The van der Waals surface area contributed by atoms with Gasteiger partial charge in [0.2, 0.25) is 5.88 Å². The second-order valence-corrected chi connectivity index (χ2v) is 10.2. The number of carbonyl (C=O) groups excluding carboxylic acids is 1. The van der Waals surface area contributed by atoms with Crippen LogP contribution in [0.5, 0.6) is 17.4 Å². The van der Waals surface area contributed by atoms with Gasteiger partial charge in [-0.25, -0.2) is 14.8 Å². The van der Waals surface area contributed by atoms with Gasteiger partial charge in [0.1, 0.15) is 29.8 Å². The summed E-state index contributed by atoms with van der Waals surface area (Å²) in [5, 5.41) is 12.4. The van der Waals surface area contributed by atoms with Crippen molar-refractivity contribution in [1.82, 2.24) is 15.3 Å². The van der Waals surface area contributed by atoms with E-state index in [0.717, 1.165) is 27.9 Å². The van der Waals surface area contributed by atoms with Crippen molar-refractivity contribution in [2.24, 2.45) is 0 Å². The Morgan fingerprint density at radius 1 is 0.727 bits per heavy atom. The van der Waals surface area contributed by atoms with E-state index in [0.29, 0.717) is 49.2 Å². The molecule has 0 fully saturated rings. The Balaban J connectivity index is 1.06. The molecule has 0 aliphatic carbocycles. The lowest BCUT2D eigenvalue weighted by Crippen LogP contribution is -2.42. The number of hydrogen-bond donors (Lipinski definition) is 2. The molecule has 4 aromatic carbocycles. The maximum absolute atomic E-state index is 12.8. The van der Waals surface area contributed by atoms with Crippen molar-refractivity contribution < 1.29 is 28.9 Å². The number of amides is 1. The van der Waals surface area contributed by atoms with Crippen LogP contribution in [-0.4, -0.2) is 46.2 Å². The summed E-state index contributed by atoms with van der Waals surface area (Å²) in [5.74, 6) is 0.177. The predicted octanol–water partition coefficient (Wildman–Crippen LogP) is 5.79. The van der Waals surface area contributed by atoms with Crippen molar-refractivity contribution in [3.63, 3.8) is 0 Å². The first-order chi connectivity index (χ1) is 21.4. The highest BCUT2D eigenvalue weighted by atomic mass is 16.5. The monoisotopic (exact) mass is 591 g/mol. The maximum Gasteiger partial charge on any atom is 0.326 e. The van der Waals surface area contributed by atoms with Gasteiger partial charge in [-0.1, -0.05) is 54.6 Å². The molecule has 0 aliphatic rings. The molecule has 5 aromatic rings.